The van der Waals surface area contributed by atoms with E-state index >= 15 is 0 Å². The van der Waals surface area contributed by atoms with Crippen molar-refractivity contribution in [3.8, 4) is 33.8 Å². The summed E-state index contributed by atoms with van der Waals surface area (Å²) in [7, 11) is 0. The van der Waals surface area contributed by atoms with Crippen molar-refractivity contribution in [2.24, 2.45) is 0 Å². The largest absolute Gasteiger partial charge is 0.456 e. The van der Waals surface area contributed by atoms with Crippen molar-refractivity contribution >= 4 is 21.9 Å². The van der Waals surface area contributed by atoms with Crippen molar-refractivity contribution in [1.82, 2.24) is 9.97 Å². The van der Waals surface area contributed by atoms with Crippen molar-refractivity contribution in [2.45, 2.75) is 6.92 Å². The number of aromatic nitrogens is 2. The predicted molar refractivity (Wildman–Crippen MR) is 130 cm³/mol. The molecular weight excluding hydrogens is 392 g/mol. The molecule has 0 atom stereocenters. The van der Waals surface area contributed by atoms with Crippen LogP contribution < -0.4 is 0 Å². The molecule has 0 amide bonds. The van der Waals surface area contributed by atoms with Crippen molar-refractivity contribution in [2.75, 3.05) is 0 Å². The van der Waals surface area contributed by atoms with Crippen LogP contribution in [0.5, 0.6) is 0 Å². The van der Waals surface area contributed by atoms with Gasteiger partial charge in [0.1, 0.15) is 11.2 Å². The number of benzene rings is 4. The topological polar surface area (TPSA) is 38.9 Å². The number of furan rings is 1. The Morgan fingerprint density at radius 2 is 1.28 bits per heavy atom. The molecule has 6 rings (SSSR count). The van der Waals surface area contributed by atoms with Crippen LogP contribution in [0.3, 0.4) is 0 Å². The highest BCUT2D eigenvalue weighted by Gasteiger charge is 2.11. The van der Waals surface area contributed by atoms with E-state index in [0.29, 0.717) is 0 Å². The van der Waals surface area contributed by atoms with Crippen LogP contribution in [0.4, 0.5) is 0 Å². The summed E-state index contributed by atoms with van der Waals surface area (Å²) in [4.78, 5) is 9.68. The van der Waals surface area contributed by atoms with Crippen molar-refractivity contribution < 1.29 is 4.42 Å². The lowest BCUT2D eigenvalue weighted by atomic mass is 10.0. The zero-order chi connectivity index (χ0) is 21.5. The molecule has 0 fully saturated rings. The maximum Gasteiger partial charge on any atom is 0.160 e. The van der Waals surface area contributed by atoms with Crippen LogP contribution in [0.15, 0.2) is 108 Å². The molecule has 6 aromatic rings. The third kappa shape index (κ3) is 3.25. The van der Waals surface area contributed by atoms with Gasteiger partial charge in [-0.05, 0) is 54.4 Å². The van der Waals surface area contributed by atoms with Gasteiger partial charge < -0.3 is 4.42 Å². The molecule has 0 spiro atoms. The fourth-order valence-corrected chi connectivity index (χ4v) is 4.20. The van der Waals surface area contributed by atoms with Crippen molar-refractivity contribution in [1.29, 1.82) is 0 Å². The van der Waals surface area contributed by atoms with Crippen LogP contribution in [-0.2, 0) is 0 Å². The van der Waals surface area contributed by atoms with Crippen LogP contribution in [0.1, 0.15) is 5.69 Å². The predicted octanol–water partition coefficient (Wildman–Crippen LogP) is 7.69. The number of aryl methyl sites for hydroxylation is 1. The summed E-state index contributed by atoms with van der Waals surface area (Å²) in [5.74, 6) is 0.731. The molecule has 0 saturated carbocycles. The zero-order valence-electron chi connectivity index (χ0n) is 17.6. The summed E-state index contributed by atoms with van der Waals surface area (Å²) in [5, 5.41) is 2.22. The highest BCUT2D eigenvalue weighted by molar-refractivity contribution is 6.06. The summed E-state index contributed by atoms with van der Waals surface area (Å²) in [5.41, 5.74) is 8.02. The number of rotatable bonds is 3. The maximum absolute atomic E-state index is 5.98. The molecular formula is C29H20N2O. The van der Waals surface area contributed by atoms with Gasteiger partial charge in [0.15, 0.2) is 5.82 Å². The Kier molecular flexibility index (Phi) is 4.32. The average Bonchev–Trinajstić information content (AvgIpc) is 3.22. The summed E-state index contributed by atoms with van der Waals surface area (Å²) in [6.07, 6.45) is 0. The molecule has 0 radical (unpaired) electrons. The Morgan fingerprint density at radius 3 is 2.19 bits per heavy atom. The number of fused-ring (bicyclic) bond motifs is 3. The lowest BCUT2D eigenvalue weighted by Crippen LogP contribution is -1.95. The summed E-state index contributed by atoms with van der Waals surface area (Å²) in [6, 6.07) is 35.2. The fraction of sp³-hybridized carbons (Fsp3) is 0.0345. The lowest BCUT2D eigenvalue weighted by Gasteiger charge is -2.09. The molecule has 152 valence electrons. The molecule has 4 aromatic carbocycles. The Bertz CT molecular complexity index is 1580. The third-order valence-corrected chi connectivity index (χ3v) is 5.75. The monoisotopic (exact) mass is 412 g/mol. The van der Waals surface area contributed by atoms with E-state index in [1.165, 1.54) is 5.56 Å². The molecule has 0 saturated heterocycles. The van der Waals surface area contributed by atoms with Crippen LogP contribution in [-0.4, -0.2) is 9.97 Å². The van der Waals surface area contributed by atoms with E-state index in [1.54, 1.807) is 0 Å². The first-order chi connectivity index (χ1) is 15.7. The van der Waals surface area contributed by atoms with Gasteiger partial charge in [-0.2, -0.15) is 0 Å². The molecule has 3 nitrogen and oxygen atoms in total. The van der Waals surface area contributed by atoms with Gasteiger partial charge in [0, 0.05) is 27.6 Å². The molecule has 0 aliphatic rings. The first-order valence-electron chi connectivity index (χ1n) is 10.7. The normalized spacial score (nSPS) is 11.3. The summed E-state index contributed by atoms with van der Waals surface area (Å²) in [6.45, 7) is 2.02. The Morgan fingerprint density at radius 1 is 0.531 bits per heavy atom. The minimum absolute atomic E-state index is 0.731. The van der Waals surface area contributed by atoms with Crippen LogP contribution in [0, 0.1) is 6.92 Å². The summed E-state index contributed by atoms with van der Waals surface area (Å²) < 4.78 is 5.98. The van der Waals surface area contributed by atoms with Crippen molar-refractivity contribution in [3.05, 3.63) is 109 Å². The molecule has 0 N–H and O–H groups in total. The highest BCUT2D eigenvalue weighted by Crippen LogP contribution is 2.33. The van der Waals surface area contributed by atoms with E-state index in [4.69, 9.17) is 14.4 Å². The molecule has 0 aliphatic carbocycles. The maximum atomic E-state index is 5.98. The molecule has 0 unspecified atom stereocenters. The van der Waals surface area contributed by atoms with E-state index in [2.05, 4.69) is 66.7 Å². The van der Waals surface area contributed by atoms with Gasteiger partial charge in [-0.25, -0.2) is 9.97 Å². The Balaban J connectivity index is 1.46. The SMILES string of the molecule is Cc1cc(-c2ccc3oc4ccccc4c3c2)nc(-c2cccc(-c3ccccc3)c2)n1. The van der Waals surface area contributed by atoms with Gasteiger partial charge in [-0.3, -0.25) is 0 Å². The smallest absolute Gasteiger partial charge is 0.160 e. The van der Waals surface area contributed by atoms with Gasteiger partial charge in [0.25, 0.3) is 0 Å². The molecule has 3 heteroatoms. The van der Waals surface area contributed by atoms with E-state index < -0.39 is 0 Å². The van der Waals surface area contributed by atoms with E-state index in [9.17, 15) is 0 Å². The van der Waals surface area contributed by atoms with Gasteiger partial charge in [0.05, 0.1) is 5.69 Å². The van der Waals surface area contributed by atoms with Gasteiger partial charge in [-0.1, -0.05) is 66.7 Å². The lowest BCUT2D eigenvalue weighted by molar-refractivity contribution is 0.669. The van der Waals surface area contributed by atoms with E-state index in [-0.39, 0.29) is 0 Å². The molecule has 32 heavy (non-hydrogen) atoms. The van der Waals surface area contributed by atoms with Crippen LogP contribution in [0.25, 0.3) is 55.7 Å². The first kappa shape index (κ1) is 18.5. The number of para-hydroxylation sites is 1. The first-order valence-corrected chi connectivity index (χ1v) is 10.7. The fourth-order valence-electron chi connectivity index (χ4n) is 4.20. The quantitative estimate of drug-likeness (QED) is 0.299. The highest BCUT2D eigenvalue weighted by atomic mass is 16.3. The van der Waals surface area contributed by atoms with E-state index in [1.807, 2.05) is 43.3 Å². The van der Waals surface area contributed by atoms with Gasteiger partial charge >= 0.3 is 0 Å². The van der Waals surface area contributed by atoms with Crippen molar-refractivity contribution in [3.63, 3.8) is 0 Å². The number of hydrogen-bond acceptors (Lipinski definition) is 3. The van der Waals surface area contributed by atoms with Gasteiger partial charge in [-0.15, -0.1) is 0 Å². The van der Waals surface area contributed by atoms with Crippen LogP contribution in [0.2, 0.25) is 0 Å². The number of nitrogens with zero attached hydrogens (tertiary/aromatic N) is 2. The second kappa shape index (κ2) is 7.47. The second-order valence-electron chi connectivity index (χ2n) is 7.97. The molecule has 0 aliphatic heterocycles. The Hall–Kier alpha value is -4.24. The number of hydrogen-bond donors (Lipinski definition) is 0. The van der Waals surface area contributed by atoms with Gasteiger partial charge in [0.2, 0.25) is 0 Å². The minimum Gasteiger partial charge on any atom is -0.456 e. The zero-order valence-corrected chi connectivity index (χ0v) is 17.6. The van der Waals surface area contributed by atoms with E-state index in [0.717, 1.165) is 55.8 Å². The molecule has 2 heterocycles. The second-order valence-corrected chi connectivity index (χ2v) is 7.97. The Labute approximate surface area is 186 Å². The standard InChI is InChI=1S/C29H20N2O/c1-19-16-26(22-14-15-28-25(18-22)24-12-5-6-13-27(24)32-28)31-29(30-19)23-11-7-10-21(17-23)20-8-3-2-4-9-20/h2-18H,1H3. The summed E-state index contributed by atoms with van der Waals surface area (Å²) >= 11 is 0. The molecule has 0 bridgehead atoms. The van der Waals surface area contributed by atoms with Crippen LogP contribution >= 0.6 is 0 Å². The molecule has 2 aromatic heterocycles. The average molecular weight is 412 g/mol. The minimum atomic E-state index is 0.731. The third-order valence-electron chi connectivity index (χ3n) is 5.75.